The highest BCUT2D eigenvalue weighted by atomic mass is 35.5. The SMILES string of the molecule is CCCCOC(=O)C(N)c1cccc(OCCC2Oc3ccccc3N(Cc3ccccc3Cl)C2=O)c1. The van der Waals surface area contributed by atoms with E-state index in [-0.39, 0.29) is 12.5 Å². The summed E-state index contributed by atoms with van der Waals surface area (Å²) >= 11 is 6.37. The van der Waals surface area contributed by atoms with Crippen LogP contribution >= 0.6 is 11.6 Å². The predicted octanol–water partition coefficient (Wildman–Crippen LogP) is 5.45. The summed E-state index contributed by atoms with van der Waals surface area (Å²) in [4.78, 5) is 27.3. The minimum Gasteiger partial charge on any atom is -0.493 e. The maximum Gasteiger partial charge on any atom is 0.327 e. The van der Waals surface area contributed by atoms with Gasteiger partial charge in [-0.15, -0.1) is 0 Å². The van der Waals surface area contributed by atoms with Crippen LogP contribution in [0.3, 0.4) is 0 Å². The van der Waals surface area contributed by atoms with Crippen molar-refractivity contribution in [2.45, 2.75) is 44.9 Å². The van der Waals surface area contributed by atoms with Gasteiger partial charge in [0.25, 0.3) is 5.91 Å². The third kappa shape index (κ3) is 6.61. The van der Waals surface area contributed by atoms with Gasteiger partial charge in [0.2, 0.25) is 0 Å². The van der Waals surface area contributed by atoms with Crippen molar-refractivity contribution >= 4 is 29.2 Å². The van der Waals surface area contributed by atoms with E-state index in [1.54, 1.807) is 29.2 Å². The van der Waals surface area contributed by atoms with Gasteiger partial charge in [-0.05, 0) is 47.9 Å². The number of nitrogens with two attached hydrogens (primary N) is 1. The zero-order valence-corrected chi connectivity index (χ0v) is 21.5. The Labute approximate surface area is 222 Å². The van der Waals surface area contributed by atoms with Crippen LogP contribution in [0.15, 0.2) is 72.8 Å². The summed E-state index contributed by atoms with van der Waals surface area (Å²) in [6.45, 7) is 2.95. The molecule has 0 radical (unpaired) electrons. The molecule has 4 rings (SSSR count). The third-order valence-electron chi connectivity index (χ3n) is 6.12. The van der Waals surface area contributed by atoms with E-state index in [2.05, 4.69) is 0 Å². The molecule has 2 unspecified atom stereocenters. The summed E-state index contributed by atoms with van der Waals surface area (Å²) < 4.78 is 17.2. The average Bonchev–Trinajstić information content (AvgIpc) is 2.91. The number of halogens is 1. The zero-order chi connectivity index (χ0) is 26.2. The fourth-order valence-electron chi connectivity index (χ4n) is 4.04. The molecule has 1 amide bonds. The molecule has 2 atom stereocenters. The average molecular weight is 523 g/mol. The van der Waals surface area contributed by atoms with Crippen molar-refractivity contribution in [1.29, 1.82) is 0 Å². The second-order valence-electron chi connectivity index (χ2n) is 8.80. The number of anilines is 1. The number of nitrogens with zero attached hydrogens (tertiary/aromatic N) is 1. The Bertz CT molecular complexity index is 1230. The monoisotopic (exact) mass is 522 g/mol. The van der Waals surface area contributed by atoms with Crippen LogP contribution in [-0.4, -0.2) is 31.2 Å². The fourth-order valence-corrected chi connectivity index (χ4v) is 4.24. The molecule has 0 saturated carbocycles. The molecule has 8 heteroatoms. The molecule has 1 heterocycles. The molecule has 0 bridgehead atoms. The summed E-state index contributed by atoms with van der Waals surface area (Å²) in [6, 6.07) is 21.1. The summed E-state index contributed by atoms with van der Waals surface area (Å²) in [6.07, 6.45) is 1.35. The Morgan fingerprint density at radius 3 is 2.68 bits per heavy atom. The van der Waals surface area contributed by atoms with Crippen LogP contribution < -0.4 is 20.1 Å². The van der Waals surface area contributed by atoms with Crippen molar-refractivity contribution in [2.24, 2.45) is 5.73 Å². The summed E-state index contributed by atoms with van der Waals surface area (Å²) in [5.74, 6) is 0.552. The van der Waals surface area contributed by atoms with Gasteiger partial charge in [0.05, 0.1) is 25.4 Å². The molecule has 0 saturated heterocycles. The molecule has 0 aliphatic carbocycles. The highest BCUT2D eigenvalue weighted by molar-refractivity contribution is 6.31. The third-order valence-corrected chi connectivity index (χ3v) is 6.48. The molecule has 2 N–H and O–H groups in total. The van der Waals surface area contributed by atoms with Crippen LogP contribution in [0.2, 0.25) is 5.02 Å². The number of benzene rings is 3. The quantitative estimate of drug-likeness (QED) is 0.266. The predicted molar refractivity (Wildman–Crippen MR) is 143 cm³/mol. The zero-order valence-electron chi connectivity index (χ0n) is 20.8. The smallest absolute Gasteiger partial charge is 0.327 e. The van der Waals surface area contributed by atoms with Gasteiger partial charge in [0.15, 0.2) is 6.10 Å². The first-order valence-corrected chi connectivity index (χ1v) is 12.8. The number of para-hydroxylation sites is 2. The van der Waals surface area contributed by atoms with Gasteiger partial charge in [-0.25, -0.2) is 4.79 Å². The number of hydrogen-bond donors (Lipinski definition) is 1. The van der Waals surface area contributed by atoms with Gasteiger partial charge in [-0.3, -0.25) is 4.79 Å². The van der Waals surface area contributed by atoms with E-state index in [1.807, 2.05) is 55.5 Å². The molecule has 37 heavy (non-hydrogen) atoms. The summed E-state index contributed by atoms with van der Waals surface area (Å²) in [7, 11) is 0. The molecule has 194 valence electrons. The van der Waals surface area contributed by atoms with Crippen LogP contribution in [0.1, 0.15) is 43.4 Å². The largest absolute Gasteiger partial charge is 0.493 e. The van der Waals surface area contributed by atoms with E-state index in [0.717, 1.165) is 18.4 Å². The van der Waals surface area contributed by atoms with Gasteiger partial charge in [-0.2, -0.15) is 0 Å². The lowest BCUT2D eigenvalue weighted by molar-refractivity contribution is -0.145. The number of unbranched alkanes of at least 4 members (excludes halogenated alkanes) is 1. The Morgan fingerprint density at radius 1 is 1.08 bits per heavy atom. The number of carbonyl (C=O) groups is 2. The van der Waals surface area contributed by atoms with Crippen LogP contribution in [0.5, 0.6) is 11.5 Å². The molecule has 3 aromatic carbocycles. The Hall–Kier alpha value is -3.55. The minimum atomic E-state index is -0.890. The van der Waals surface area contributed by atoms with Crippen molar-refractivity contribution in [3.8, 4) is 11.5 Å². The maximum atomic E-state index is 13.4. The summed E-state index contributed by atoms with van der Waals surface area (Å²) in [5.41, 5.74) is 8.24. The number of carbonyl (C=O) groups excluding carboxylic acids is 2. The molecular formula is C29H31ClN2O5. The number of fused-ring (bicyclic) bond motifs is 1. The molecule has 1 aliphatic heterocycles. The van der Waals surface area contributed by atoms with Gasteiger partial charge in [-0.1, -0.05) is 67.4 Å². The Morgan fingerprint density at radius 2 is 1.86 bits per heavy atom. The lowest BCUT2D eigenvalue weighted by Crippen LogP contribution is -2.46. The fraction of sp³-hybridized carbons (Fsp3) is 0.310. The summed E-state index contributed by atoms with van der Waals surface area (Å²) in [5, 5.41) is 0.603. The number of amides is 1. The molecule has 0 spiro atoms. The number of hydrogen-bond acceptors (Lipinski definition) is 6. The highest BCUT2D eigenvalue weighted by Gasteiger charge is 2.34. The van der Waals surface area contributed by atoms with E-state index in [4.69, 9.17) is 31.5 Å². The van der Waals surface area contributed by atoms with E-state index in [0.29, 0.717) is 47.3 Å². The number of rotatable bonds is 11. The first-order valence-electron chi connectivity index (χ1n) is 12.4. The molecule has 7 nitrogen and oxygen atoms in total. The molecule has 0 fully saturated rings. The van der Waals surface area contributed by atoms with Crippen molar-refractivity contribution in [3.63, 3.8) is 0 Å². The van der Waals surface area contributed by atoms with E-state index >= 15 is 0 Å². The number of ether oxygens (including phenoxy) is 3. The van der Waals surface area contributed by atoms with E-state index in [1.165, 1.54) is 0 Å². The Balaban J connectivity index is 1.40. The van der Waals surface area contributed by atoms with Crippen molar-refractivity contribution in [1.82, 2.24) is 0 Å². The lowest BCUT2D eigenvalue weighted by Gasteiger charge is -2.34. The van der Waals surface area contributed by atoms with Crippen molar-refractivity contribution in [2.75, 3.05) is 18.1 Å². The molecule has 1 aliphatic rings. The van der Waals surface area contributed by atoms with Crippen LogP contribution in [0.25, 0.3) is 0 Å². The van der Waals surface area contributed by atoms with Gasteiger partial charge in [0, 0.05) is 11.4 Å². The van der Waals surface area contributed by atoms with Gasteiger partial charge >= 0.3 is 5.97 Å². The van der Waals surface area contributed by atoms with Crippen molar-refractivity contribution in [3.05, 3.63) is 88.9 Å². The van der Waals surface area contributed by atoms with Crippen LogP contribution in [-0.2, 0) is 20.9 Å². The second kappa shape index (κ2) is 12.6. The van der Waals surface area contributed by atoms with Gasteiger partial charge < -0.3 is 24.8 Å². The first-order chi connectivity index (χ1) is 18.0. The van der Waals surface area contributed by atoms with E-state index in [9.17, 15) is 9.59 Å². The van der Waals surface area contributed by atoms with Crippen molar-refractivity contribution < 1.29 is 23.8 Å². The highest BCUT2D eigenvalue weighted by Crippen LogP contribution is 2.36. The van der Waals surface area contributed by atoms with Crippen LogP contribution in [0, 0.1) is 0 Å². The first kappa shape index (κ1) is 26.5. The van der Waals surface area contributed by atoms with E-state index < -0.39 is 18.1 Å². The maximum absolute atomic E-state index is 13.4. The molecular weight excluding hydrogens is 492 g/mol. The van der Waals surface area contributed by atoms with Crippen LogP contribution in [0.4, 0.5) is 5.69 Å². The second-order valence-corrected chi connectivity index (χ2v) is 9.21. The molecule has 3 aromatic rings. The minimum absolute atomic E-state index is 0.159. The lowest BCUT2D eigenvalue weighted by atomic mass is 10.1. The normalized spacial score (nSPS) is 15.5. The Kier molecular flexibility index (Phi) is 9.04. The van der Waals surface area contributed by atoms with Gasteiger partial charge in [0.1, 0.15) is 17.5 Å². The molecule has 0 aromatic heterocycles. The number of esters is 1. The standard InChI is InChI=1S/C29H31ClN2O5/c1-2-3-16-36-29(34)27(31)20-10-8-11-22(18-20)35-17-15-26-28(33)32(19-21-9-4-5-12-23(21)30)24-13-6-7-14-25(24)37-26/h4-14,18,26-27H,2-3,15-17,19,31H2,1H3. The topological polar surface area (TPSA) is 91.1 Å².